The third-order valence-corrected chi connectivity index (χ3v) is 7.61. The van der Waals surface area contributed by atoms with Crippen LogP contribution >= 0.6 is 24.0 Å². The van der Waals surface area contributed by atoms with Gasteiger partial charge in [0.25, 0.3) is 5.91 Å². The van der Waals surface area contributed by atoms with Gasteiger partial charge >= 0.3 is 0 Å². The molecule has 1 aliphatic heterocycles. The largest absolute Gasteiger partial charge is 0.490 e. The molecule has 4 rings (SSSR count). The fourth-order valence-electron chi connectivity index (χ4n) is 4.27. The monoisotopic (exact) mass is 531 g/mol. The Labute approximate surface area is 229 Å². The van der Waals surface area contributed by atoms with E-state index in [1.165, 1.54) is 31.0 Å². The number of rotatable bonds is 12. The summed E-state index contributed by atoms with van der Waals surface area (Å²) in [5.74, 6) is 0.763. The fraction of sp³-hybridized carbons (Fsp3) is 0.300. The number of amides is 1. The Morgan fingerprint density at radius 1 is 1.11 bits per heavy atom. The summed E-state index contributed by atoms with van der Waals surface area (Å²) in [6, 6.07) is 15.9. The number of carbonyl (C=O) groups excluding carboxylic acids is 1. The van der Waals surface area contributed by atoms with E-state index in [1.54, 1.807) is 11.0 Å². The Bertz CT molecular complexity index is 1300. The second-order valence-corrected chi connectivity index (χ2v) is 10.7. The number of nitrogens with zero attached hydrogens (tertiary/aromatic N) is 3. The van der Waals surface area contributed by atoms with Crippen LogP contribution in [0.2, 0.25) is 0 Å². The molecule has 0 saturated carbocycles. The molecule has 37 heavy (non-hydrogen) atoms. The Balaban J connectivity index is 1.65. The molecule has 1 aromatic heterocycles. The SMILES string of the molecule is C=CCOc1ccc(-c2nn(-c3ccccc3)cc2C=C2SC(=S)N(CCCCCCC)C2=O)c(C)c1. The third-order valence-electron chi connectivity index (χ3n) is 6.23. The second kappa shape index (κ2) is 12.9. The van der Waals surface area contributed by atoms with Gasteiger partial charge in [-0.2, -0.15) is 5.10 Å². The lowest BCUT2D eigenvalue weighted by Crippen LogP contribution is -2.29. The number of carbonyl (C=O) groups is 1. The molecular formula is C30H33N3O2S2. The van der Waals surface area contributed by atoms with Crippen LogP contribution in [0.25, 0.3) is 23.0 Å². The van der Waals surface area contributed by atoms with E-state index < -0.39 is 0 Å². The van der Waals surface area contributed by atoms with Gasteiger partial charge in [0.15, 0.2) is 0 Å². The van der Waals surface area contributed by atoms with E-state index in [1.807, 2.05) is 72.4 Å². The fourth-order valence-corrected chi connectivity index (χ4v) is 5.57. The van der Waals surface area contributed by atoms with Gasteiger partial charge in [-0.1, -0.05) is 87.4 Å². The first-order valence-electron chi connectivity index (χ1n) is 12.8. The molecular weight excluding hydrogens is 498 g/mol. The maximum Gasteiger partial charge on any atom is 0.266 e. The van der Waals surface area contributed by atoms with Gasteiger partial charge in [-0.15, -0.1) is 0 Å². The topological polar surface area (TPSA) is 47.4 Å². The minimum absolute atomic E-state index is 0.0196. The Hall–Kier alpha value is -3.16. The molecule has 0 bridgehead atoms. The first-order valence-corrected chi connectivity index (χ1v) is 14.0. The van der Waals surface area contributed by atoms with E-state index in [-0.39, 0.29) is 5.91 Å². The lowest BCUT2D eigenvalue weighted by molar-refractivity contribution is -0.122. The van der Waals surface area contributed by atoms with Crippen molar-refractivity contribution in [2.45, 2.75) is 46.0 Å². The van der Waals surface area contributed by atoms with Gasteiger partial charge in [-0.3, -0.25) is 9.69 Å². The van der Waals surface area contributed by atoms with Crippen LogP contribution in [-0.4, -0.2) is 38.1 Å². The summed E-state index contributed by atoms with van der Waals surface area (Å²) in [6.07, 6.45) is 11.3. The Morgan fingerprint density at radius 2 is 1.89 bits per heavy atom. The lowest BCUT2D eigenvalue weighted by atomic mass is 10.0. The maximum absolute atomic E-state index is 13.3. The Morgan fingerprint density at radius 3 is 2.62 bits per heavy atom. The van der Waals surface area contributed by atoms with E-state index in [4.69, 9.17) is 22.1 Å². The highest BCUT2D eigenvalue weighted by atomic mass is 32.2. The van der Waals surface area contributed by atoms with Gasteiger partial charge in [0.05, 0.1) is 10.6 Å². The van der Waals surface area contributed by atoms with Crippen LogP contribution in [0, 0.1) is 6.92 Å². The van der Waals surface area contributed by atoms with Crippen molar-refractivity contribution >= 4 is 40.3 Å². The normalized spacial score (nSPS) is 14.5. The van der Waals surface area contributed by atoms with Gasteiger partial charge in [-0.25, -0.2) is 4.68 Å². The number of hydrogen-bond acceptors (Lipinski definition) is 5. The molecule has 0 atom stereocenters. The van der Waals surface area contributed by atoms with Crippen LogP contribution in [0.5, 0.6) is 5.75 Å². The van der Waals surface area contributed by atoms with Gasteiger partial charge in [-0.05, 0) is 55.3 Å². The summed E-state index contributed by atoms with van der Waals surface area (Å²) < 4.78 is 8.19. The third kappa shape index (κ3) is 6.59. The predicted octanol–water partition coefficient (Wildman–Crippen LogP) is 7.58. The summed E-state index contributed by atoms with van der Waals surface area (Å²) in [6.45, 7) is 9.08. The van der Waals surface area contributed by atoms with Gasteiger partial charge < -0.3 is 4.74 Å². The molecule has 0 unspecified atom stereocenters. The quantitative estimate of drug-likeness (QED) is 0.104. The van der Waals surface area contributed by atoms with Gasteiger partial charge in [0, 0.05) is 23.9 Å². The number of unbranched alkanes of at least 4 members (excludes halogenated alkanes) is 4. The molecule has 5 nitrogen and oxygen atoms in total. The summed E-state index contributed by atoms with van der Waals surface area (Å²) >= 11 is 6.95. The standard InChI is InChI=1S/C30H33N3O2S2/c1-4-6-7-8-12-17-32-29(34)27(37-30(32)36)20-23-21-33(24-13-10-9-11-14-24)31-28(23)26-16-15-25(19-22(26)3)35-18-5-2/h5,9-11,13-16,19-21H,2,4,6-8,12,17-18H2,1,3H3. The van der Waals surface area contributed by atoms with Crippen molar-refractivity contribution in [3.8, 4) is 22.7 Å². The molecule has 3 aromatic rings. The molecule has 1 fully saturated rings. The Kier molecular flexibility index (Phi) is 9.36. The first-order chi connectivity index (χ1) is 18.0. The lowest BCUT2D eigenvalue weighted by Gasteiger charge is -2.13. The number of aryl methyl sites for hydroxylation is 1. The molecule has 1 saturated heterocycles. The molecule has 7 heteroatoms. The molecule has 1 amide bonds. The van der Waals surface area contributed by atoms with E-state index >= 15 is 0 Å². The molecule has 1 aliphatic rings. The minimum Gasteiger partial charge on any atom is -0.490 e. The number of aromatic nitrogens is 2. The molecule has 2 aromatic carbocycles. The van der Waals surface area contributed by atoms with Crippen molar-refractivity contribution in [2.75, 3.05) is 13.2 Å². The van der Waals surface area contributed by atoms with E-state index in [0.29, 0.717) is 22.4 Å². The second-order valence-electron chi connectivity index (χ2n) is 9.04. The number of hydrogen-bond donors (Lipinski definition) is 0. The van der Waals surface area contributed by atoms with Crippen molar-refractivity contribution in [2.24, 2.45) is 0 Å². The molecule has 2 heterocycles. The number of benzene rings is 2. The van der Waals surface area contributed by atoms with Crippen LogP contribution in [0.4, 0.5) is 0 Å². The molecule has 192 valence electrons. The minimum atomic E-state index is -0.0196. The van der Waals surface area contributed by atoms with Crippen LogP contribution in [0.3, 0.4) is 0 Å². The van der Waals surface area contributed by atoms with Crippen molar-refractivity contribution in [1.29, 1.82) is 0 Å². The first kappa shape index (κ1) is 26.9. The number of thiocarbonyl (C=S) groups is 1. The predicted molar refractivity (Wildman–Crippen MR) is 158 cm³/mol. The van der Waals surface area contributed by atoms with Crippen molar-refractivity contribution in [3.63, 3.8) is 0 Å². The zero-order valence-electron chi connectivity index (χ0n) is 21.5. The number of para-hydroxylation sites is 1. The van der Waals surface area contributed by atoms with Crippen LogP contribution in [0.15, 0.2) is 72.3 Å². The van der Waals surface area contributed by atoms with Crippen molar-refractivity contribution < 1.29 is 9.53 Å². The van der Waals surface area contributed by atoms with Crippen molar-refractivity contribution in [1.82, 2.24) is 14.7 Å². The highest BCUT2D eigenvalue weighted by molar-refractivity contribution is 8.26. The highest BCUT2D eigenvalue weighted by Crippen LogP contribution is 2.36. The van der Waals surface area contributed by atoms with Crippen LogP contribution < -0.4 is 4.74 Å². The highest BCUT2D eigenvalue weighted by Gasteiger charge is 2.32. The molecule has 0 aliphatic carbocycles. The average Bonchev–Trinajstić information content (AvgIpc) is 3.43. The number of thioether (sulfide) groups is 1. The molecule has 0 spiro atoms. The average molecular weight is 532 g/mol. The summed E-state index contributed by atoms with van der Waals surface area (Å²) in [5, 5.41) is 4.93. The maximum atomic E-state index is 13.3. The van der Waals surface area contributed by atoms with E-state index in [9.17, 15) is 4.79 Å². The van der Waals surface area contributed by atoms with Crippen molar-refractivity contribution in [3.05, 3.63) is 83.4 Å². The van der Waals surface area contributed by atoms with E-state index in [0.717, 1.165) is 46.7 Å². The zero-order chi connectivity index (χ0) is 26.2. The number of ether oxygens (including phenoxy) is 1. The molecule has 0 N–H and O–H groups in total. The van der Waals surface area contributed by atoms with Gasteiger partial charge in [0.1, 0.15) is 22.4 Å². The molecule has 0 radical (unpaired) electrons. The zero-order valence-corrected chi connectivity index (χ0v) is 23.1. The van der Waals surface area contributed by atoms with Gasteiger partial charge in [0.2, 0.25) is 0 Å². The van der Waals surface area contributed by atoms with Crippen LogP contribution in [0.1, 0.15) is 50.2 Å². The summed E-state index contributed by atoms with van der Waals surface area (Å²) in [7, 11) is 0. The van der Waals surface area contributed by atoms with E-state index in [2.05, 4.69) is 13.5 Å². The summed E-state index contributed by atoms with van der Waals surface area (Å²) in [5.41, 5.74) is 4.65. The van der Waals surface area contributed by atoms with Crippen LogP contribution in [-0.2, 0) is 4.79 Å². The summed E-state index contributed by atoms with van der Waals surface area (Å²) in [4.78, 5) is 15.7. The smallest absolute Gasteiger partial charge is 0.266 e.